The van der Waals surface area contributed by atoms with E-state index in [1.807, 2.05) is 30.3 Å². The van der Waals surface area contributed by atoms with Gasteiger partial charge >= 0.3 is 0 Å². The van der Waals surface area contributed by atoms with E-state index in [4.69, 9.17) is 4.42 Å². The Balaban J connectivity index is 1.49. The van der Waals surface area contributed by atoms with Gasteiger partial charge in [0.2, 0.25) is 5.13 Å². The van der Waals surface area contributed by atoms with Gasteiger partial charge in [-0.2, -0.15) is 0 Å². The molecule has 0 aliphatic rings. The van der Waals surface area contributed by atoms with Crippen LogP contribution in [0.25, 0.3) is 21.9 Å². The van der Waals surface area contributed by atoms with Crippen molar-refractivity contribution in [3.63, 3.8) is 0 Å². The predicted molar refractivity (Wildman–Crippen MR) is 103 cm³/mol. The van der Waals surface area contributed by atoms with Crippen LogP contribution in [-0.4, -0.2) is 21.3 Å². The maximum Gasteiger partial charge on any atom is 0.269 e. The third-order valence-electron chi connectivity index (χ3n) is 3.73. The van der Waals surface area contributed by atoms with E-state index in [-0.39, 0.29) is 5.69 Å². The molecule has 7 nitrogen and oxygen atoms in total. The molecule has 132 valence electrons. The summed E-state index contributed by atoms with van der Waals surface area (Å²) in [5.41, 5.74) is 1.79. The predicted octanol–water partition coefficient (Wildman–Crippen LogP) is 5.12. The van der Waals surface area contributed by atoms with Crippen molar-refractivity contribution in [2.75, 3.05) is 0 Å². The van der Waals surface area contributed by atoms with Gasteiger partial charge in [0.15, 0.2) is 0 Å². The van der Waals surface area contributed by atoms with Crippen LogP contribution in [0.3, 0.4) is 0 Å². The van der Waals surface area contributed by atoms with E-state index in [0.29, 0.717) is 16.7 Å². The molecule has 0 bridgehead atoms. The Morgan fingerprint density at radius 2 is 1.74 bits per heavy atom. The number of non-ortho nitro benzene ring substituents is 1. The largest absolute Gasteiger partial charge is 0.455 e. The van der Waals surface area contributed by atoms with Crippen LogP contribution in [0, 0.1) is 10.1 Å². The number of furan rings is 1. The molecule has 8 heteroatoms. The second-order valence-electron chi connectivity index (χ2n) is 5.52. The average Bonchev–Trinajstić information content (AvgIpc) is 3.37. The quantitative estimate of drug-likeness (QED) is 0.273. The molecule has 0 spiro atoms. The second-order valence-corrected chi connectivity index (χ2v) is 6.48. The molecule has 4 aromatic rings. The van der Waals surface area contributed by atoms with Crippen molar-refractivity contribution in [3.8, 4) is 21.9 Å². The first kappa shape index (κ1) is 16.8. The van der Waals surface area contributed by atoms with Crippen molar-refractivity contribution in [2.24, 2.45) is 4.99 Å². The van der Waals surface area contributed by atoms with Crippen LogP contribution < -0.4 is 0 Å². The second kappa shape index (κ2) is 7.30. The van der Waals surface area contributed by atoms with Gasteiger partial charge < -0.3 is 4.42 Å². The molecule has 0 unspecified atom stereocenters. The van der Waals surface area contributed by atoms with Gasteiger partial charge in [0, 0.05) is 23.3 Å². The van der Waals surface area contributed by atoms with Crippen molar-refractivity contribution in [1.29, 1.82) is 0 Å². The minimum absolute atomic E-state index is 0.0394. The highest BCUT2D eigenvalue weighted by Crippen LogP contribution is 2.28. The number of aromatic nitrogens is 2. The number of rotatable bonds is 5. The molecule has 0 amide bonds. The SMILES string of the molecule is O=[N+]([O-])c1ccc(-c2ccc(/C=N/c3nnc(-c4ccccc4)s3)o2)cc1. The Labute approximate surface area is 157 Å². The number of hydrogen-bond donors (Lipinski definition) is 0. The zero-order chi connectivity index (χ0) is 18.6. The number of nitro groups is 1. The fraction of sp³-hybridized carbons (Fsp3) is 0. The maximum atomic E-state index is 10.7. The van der Waals surface area contributed by atoms with Crippen LogP contribution in [0.4, 0.5) is 10.8 Å². The Hall–Kier alpha value is -3.65. The Morgan fingerprint density at radius 1 is 0.963 bits per heavy atom. The van der Waals surface area contributed by atoms with E-state index in [0.717, 1.165) is 16.1 Å². The number of aliphatic imine (C=N–C) groups is 1. The van der Waals surface area contributed by atoms with Crippen molar-refractivity contribution >= 4 is 28.4 Å². The van der Waals surface area contributed by atoms with Gasteiger partial charge in [0.1, 0.15) is 16.5 Å². The smallest absolute Gasteiger partial charge is 0.269 e. The molecule has 0 fully saturated rings. The van der Waals surface area contributed by atoms with Crippen LogP contribution in [0.2, 0.25) is 0 Å². The Kier molecular flexibility index (Phi) is 4.54. The maximum absolute atomic E-state index is 10.7. The van der Waals surface area contributed by atoms with E-state index >= 15 is 0 Å². The topological polar surface area (TPSA) is 94.4 Å². The van der Waals surface area contributed by atoms with Gasteiger partial charge in [-0.1, -0.05) is 41.7 Å². The first-order valence-electron chi connectivity index (χ1n) is 7.97. The van der Waals surface area contributed by atoms with Crippen molar-refractivity contribution in [1.82, 2.24) is 10.2 Å². The first-order chi connectivity index (χ1) is 13.2. The molecule has 0 aliphatic carbocycles. The summed E-state index contributed by atoms with van der Waals surface area (Å²) in [6, 6.07) is 19.5. The molecule has 2 aromatic carbocycles. The summed E-state index contributed by atoms with van der Waals surface area (Å²) in [5.74, 6) is 1.16. The van der Waals surface area contributed by atoms with Crippen LogP contribution >= 0.6 is 11.3 Å². The minimum Gasteiger partial charge on any atom is -0.455 e. The van der Waals surface area contributed by atoms with Gasteiger partial charge in [-0.3, -0.25) is 10.1 Å². The highest BCUT2D eigenvalue weighted by Gasteiger charge is 2.08. The van der Waals surface area contributed by atoms with Gasteiger partial charge in [0.25, 0.3) is 5.69 Å². The van der Waals surface area contributed by atoms with Crippen molar-refractivity contribution < 1.29 is 9.34 Å². The van der Waals surface area contributed by atoms with Crippen LogP contribution in [0.5, 0.6) is 0 Å². The van der Waals surface area contributed by atoms with Crippen LogP contribution in [0.1, 0.15) is 5.76 Å². The summed E-state index contributed by atoms with van der Waals surface area (Å²) in [7, 11) is 0. The van der Waals surface area contributed by atoms with E-state index in [2.05, 4.69) is 15.2 Å². The number of nitro benzene ring substituents is 1. The molecule has 0 saturated carbocycles. The Morgan fingerprint density at radius 3 is 2.48 bits per heavy atom. The molecule has 0 atom stereocenters. The lowest BCUT2D eigenvalue weighted by Gasteiger charge is -1.96. The third kappa shape index (κ3) is 3.80. The fourth-order valence-corrected chi connectivity index (χ4v) is 3.10. The lowest BCUT2D eigenvalue weighted by atomic mass is 10.1. The van der Waals surface area contributed by atoms with Crippen molar-refractivity contribution in [2.45, 2.75) is 0 Å². The van der Waals surface area contributed by atoms with E-state index in [1.54, 1.807) is 30.5 Å². The van der Waals surface area contributed by atoms with Gasteiger partial charge in [-0.15, -0.1) is 10.2 Å². The van der Waals surface area contributed by atoms with E-state index < -0.39 is 4.92 Å². The summed E-state index contributed by atoms with van der Waals surface area (Å²) >= 11 is 1.39. The van der Waals surface area contributed by atoms with Crippen molar-refractivity contribution in [3.05, 3.63) is 82.6 Å². The lowest BCUT2D eigenvalue weighted by Crippen LogP contribution is -1.86. The molecular weight excluding hydrogens is 364 g/mol. The monoisotopic (exact) mass is 376 g/mol. The number of benzene rings is 2. The fourth-order valence-electron chi connectivity index (χ4n) is 2.41. The minimum atomic E-state index is -0.435. The summed E-state index contributed by atoms with van der Waals surface area (Å²) in [5, 5.41) is 20.3. The van der Waals surface area contributed by atoms with E-state index in [9.17, 15) is 10.1 Å². The lowest BCUT2D eigenvalue weighted by molar-refractivity contribution is -0.384. The number of nitrogens with zero attached hydrogens (tertiary/aromatic N) is 4. The molecule has 2 aromatic heterocycles. The summed E-state index contributed by atoms with van der Waals surface area (Å²) in [4.78, 5) is 14.6. The molecule has 4 rings (SSSR count). The molecule has 0 radical (unpaired) electrons. The molecule has 0 aliphatic heterocycles. The number of hydrogen-bond acceptors (Lipinski definition) is 7. The molecule has 2 heterocycles. The highest BCUT2D eigenvalue weighted by molar-refractivity contribution is 7.18. The third-order valence-corrected chi connectivity index (χ3v) is 4.61. The summed E-state index contributed by atoms with van der Waals surface area (Å²) in [6.45, 7) is 0. The first-order valence-corrected chi connectivity index (χ1v) is 8.78. The van der Waals surface area contributed by atoms with Crippen LogP contribution in [-0.2, 0) is 0 Å². The highest BCUT2D eigenvalue weighted by atomic mass is 32.1. The molecule has 0 saturated heterocycles. The van der Waals surface area contributed by atoms with Gasteiger partial charge in [-0.05, 0) is 24.3 Å². The molecule has 0 N–H and O–H groups in total. The summed E-state index contributed by atoms with van der Waals surface area (Å²) in [6.07, 6.45) is 1.57. The van der Waals surface area contributed by atoms with Gasteiger partial charge in [0.05, 0.1) is 11.1 Å². The van der Waals surface area contributed by atoms with Crippen LogP contribution in [0.15, 0.2) is 76.1 Å². The normalized spacial score (nSPS) is 11.1. The Bertz CT molecular complexity index is 1100. The van der Waals surface area contributed by atoms with Gasteiger partial charge in [-0.25, -0.2) is 4.99 Å². The summed E-state index contributed by atoms with van der Waals surface area (Å²) < 4.78 is 5.72. The molecular formula is C19H12N4O3S. The zero-order valence-electron chi connectivity index (χ0n) is 13.9. The van der Waals surface area contributed by atoms with E-state index in [1.165, 1.54) is 23.5 Å². The average molecular weight is 376 g/mol. The standard InChI is InChI=1S/C19H12N4O3S/c24-23(25)15-8-6-13(7-9-15)17-11-10-16(26-17)12-20-19-22-21-18(27-19)14-4-2-1-3-5-14/h1-12H/b20-12+. The molecule has 27 heavy (non-hydrogen) atoms. The zero-order valence-corrected chi connectivity index (χ0v) is 14.7.